The zero-order chi connectivity index (χ0) is 41.0. The first-order chi connectivity index (χ1) is 30.7. The molecule has 0 aliphatic carbocycles. The smallest absolute Gasteiger partial charge is 0.164 e. The van der Waals surface area contributed by atoms with E-state index in [4.69, 9.17) is 15.0 Å². The van der Waals surface area contributed by atoms with Crippen molar-refractivity contribution in [2.45, 2.75) is 0 Å². The van der Waals surface area contributed by atoms with Crippen LogP contribution in [0.15, 0.2) is 224 Å². The number of para-hydroxylation sites is 3. The highest BCUT2D eigenvalue weighted by molar-refractivity contribution is 6.11. The Morgan fingerprint density at radius 3 is 1.19 bits per heavy atom. The third-order valence-electron chi connectivity index (χ3n) is 12.0. The van der Waals surface area contributed by atoms with Gasteiger partial charge in [0.25, 0.3) is 0 Å². The first kappa shape index (κ1) is 35.5. The summed E-state index contributed by atoms with van der Waals surface area (Å²) in [5.41, 5.74) is 14.5. The van der Waals surface area contributed by atoms with Crippen LogP contribution in [0, 0.1) is 0 Å². The van der Waals surface area contributed by atoms with Crippen LogP contribution in [0.2, 0.25) is 0 Å². The van der Waals surface area contributed by atoms with E-state index in [1.807, 2.05) is 60.7 Å². The average Bonchev–Trinajstić information content (AvgIpc) is 3.87. The van der Waals surface area contributed by atoms with Crippen molar-refractivity contribution in [1.82, 2.24) is 24.1 Å². The largest absolute Gasteiger partial charge is 0.309 e. The molecule has 0 spiro atoms. The SMILES string of the molecule is c1ccc(-c2nc(-c3ccccc3)nc(-c3ccc(-c4ccc5c(c4)c4ccccc4n5-c4ccc(-c5ccc6c7ccccc7n(-c7ccccc7)c6c5)cc4)cc3)n2)cc1. The Bertz CT molecular complexity index is 3530. The number of benzene rings is 9. The molecule has 0 aliphatic heterocycles. The molecule has 12 rings (SSSR count). The standard InChI is InChI=1S/C57H37N5/c1-4-14-40(15-5-1)55-58-56(41-16-6-2-7-17-41)60-57(59-55)42-26-24-38(25-27-42)43-31-35-53-50(36-43)48-21-11-13-23-52(48)61(53)46-32-28-39(29-33-46)44-30-34-49-47-20-10-12-22-51(47)62(54(49)37-44)45-18-8-3-9-19-45/h1-37H. The molecule has 0 N–H and O–H groups in total. The van der Waals surface area contributed by atoms with Crippen LogP contribution in [0.5, 0.6) is 0 Å². The van der Waals surface area contributed by atoms with Crippen molar-refractivity contribution in [3.63, 3.8) is 0 Å². The molecule has 0 amide bonds. The fraction of sp³-hybridized carbons (Fsp3) is 0. The zero-order valence-electron chi connectivity index (χ0n) is 33.6. The Labute approximate surface area is 358 Å². The lowest BCUT2D eigenvalue weighted by molar-refractivity contribution is 1.07. The van der Waals surface area contributed by atoms with Crippen LogP contribution in [0.1, 0.15) is 0 Å². The van der Waals surface area contributed by atoms with Crippen molar-refractivity contribution >= 4 is 43.6 Å². The summed E-state index contributed by atoms with van der Waals surface area (Å²) in [7, 11) is 0. The van der Waals surface area contributed by atoms with Crippen LogP contribution >= 0.6 is 0 Å². The first-order valence-electron chi connectivity index (χ1n) is 20.9. The molecule has 0 aliphatic rings. The van der Waals surface area contributed by atoms with Crippen LogP contribution in [0.4, 0.5) is 0 Å². The van der Waals surface area contributed by atoms with Gasteiger partial charge in [-0.3, -0.25) is 0 Å². The second kappa shape index (κ2) is 14.7. The second-order valence-electron chi connectivity index (χ2n) is 15.7. The molecule has 3 heterocycles. The molecule has 5 nitrogen and oxygen atoms in total. The molecule has 0 bridgehead atoms. The molecule has 0 radical (unpaired) electrons. The Morgan fingerprint density at radius 2 is 0.597 bits per heavy atom. The average molecular weight is 792 g/mol. The summed E-state index contributed by atoms with van der Waals surface area (Å²) >= 11 is 0. The molecular weight excluding hydrogens is 755 g/mol. The van der Waals surface area contributed by atoms with E-state index in [0.717, 1.165) is 39.2 Å². The van der Waals surface area contributed by atoms with Crippen LogP contribution in [-0.2, 0) is 0 Å². The quantitative estimate of drug-likeness (QED) is 0.162. The van der Waals surface area contributed by atoms with Crippen molar-refractivity contribution in [3.05, 3.63) is 224 Å². The van der Waals surface area contributed by atoms with Gasteiger partial charge in [-0.15, -0.1) is 0 Å². The highest BCUT2D eigenvalue weighted by atomic mass is 15.0. The van der Waals surface area contributed by atoms with Gasteiger partial charge in [0.15, 0.2) is 17.5 Å². The lowest BCUT2D eigenvalue weighted by atomic mass is 10.0. The van der Waals surface area contributed by atoms with Crippen LogP contribution < -0.4 is 0 Å². The molecule has 0 atom stereocenters. The van der Waals surface area contributed by atoms with Crippen LogP contribution in [-0.4, -0.2) is 24.1 Å². The number of aromatic nitrogens is 5. The normalized spacial score (nSPS) is 11.5. The summed E-state index contributed by atoms with van der Waals surface area (Å²) in [4.78, 5) is 14.7. The van der Waals surface area contributed by atoms with Crippen molar-refractivity contribution in [1.29, 1.82) is 0 Å². The van der Waals surface area contributed by atoms with Gasteiger partial charge < -0.3 is 9.13 Å². The van der Waals surface area contributed by atoms with E-state index in [9.17, 15) is 0 Å². The van der Waals surface area contributed by atoms with E-state index in [1.165, 1.54) is 54.7 Å². The van der Waals surface area contributed by atoms with E-state index in [2.05, 4.69) is 173 Å². The van der Waals surface area contributed by atoms with Gasteiger partial charge >= 0.3 is 0 Å². The molecule has 0 unspecified atom stereocenters. The van der Waals surface area contributed by atoms with Crippen molar-refractivity contribution in [3.8, 4) is 67.8 Å². The van der Waals surface area contributed by atoms with Gasteiger partial charge in [-0.2, -0.15) is 0 Å². The number of hydrogen-bond donors (Lipinski definition) is 0. The fourth-order valence-electron chi connectivity index (χ4n) is 8.99. The Kier molecular flexibility index (Phi) is 8.42. The summed E-state index contributed by atoms with van der Waals surface area (Å²) in [5.74, 6) is 1.95. The molecule has 0 saturated carbocycles. The molecule has 290 valence electrons. The topological polar surface area (TPSA) is 48.5 Å². The summed E-state index contributed by atoms with van der Waals surface area (Å²) in [6.45, 7) is 0. The Morgan fingerprint density at radius 1 is 0.226 bits per heavy atom. The molecule has 12 aromatic rings. The van der Waals surface area contributed by atoms with Gasteiger partial charge in [-0.1, -0.05) is 170 Å². The highest BCUT2D eigenvalue weighted by Gasteiger charge is 2.17. The van der Waals surface area contributed by atoms with Crippen molar-refractivity contribution in [2.75, 3.05) is 0 Å². The van der Waals surface area contributed by atoms with Crippen molar-refractivity contribution < 1.29 is 0 Å². The molecule has 3 aromatic heterocycles. The van der Waals surface area contributed by atoms with E-state index in [1.54, 1.807) is 0 Å². The zero-order valence-corrected chi connectivity index (χ0v) is 33.6. The van der Waals surface area contributed by atoms with Crippen molar-refractivity contribution in [2.24, 2.45) is 0 Å². The third-order valence-corrected chi connectivity index (χ3v) is 12.0. The lowest BCUT2D eigenvalue weighted by Crippen LogP contribution is -2.00. The fourth-order valence-corrected chi connectivity index (χ4v) is 8.99. The molecule has 0 saturated heterocycles. The lowest BCUT2D eigenvalue weighted by Gasteiger charge is -2.11. The number of fused-ring (bicyclic) bond motifs is 6. The summed E-state index contributed by atoms with van der Waals surface area (Å²) < 4.78 is 4.76. The van der Waals surface area contributed by atoms with E-state index in [0.29, 0.717) is 17.5 Å². The van der Waals surface area contributed by atoms with E-state index in [-0.39, 0.29) is 0 Å². The van der Waals surface area contributed by atoms with Gasteiger partial charge in [0.05, 0.1) is 22.1 Å². The molecule has 9 aromatic carbocycles. The van der Waals surface area contributed by atoms with Gasteiger partial charge in [-0.25, -0.2) is 15.0 Å². The first-order valence-corrected chi connectivity index (χ1v) is 20.9. The minimum atomic E-state index is 0.643. The van der Waals surface area contributed by atoms with Gasteiger partial charge in [-0.05, 0) is 76.9 Å². The maximum Gasteiger partial charge on any atom is 0.164 e. The number of rotatable bonds is 7. The van der Waals surface area contributed by atoms with Crippen LogP contribution in [0.3, 0.4) is 0 Å². The maximum absolute atomic E-state index is 4.94. The summed E-state index contributed by atoms with van der Waals surface area (Å²) in [5, 5.41) is 4.94. The van der Waals surface area contributed by atoms with Crippen LogP contribution in [0.25, 0.3) is 111 Å². The van der Waals surface area contributed by atoms with E-state index >= 15 is 0 Å². The summed E-state index contributed by atoms with van der Waals surface area (Å²) in [6, 6.07) is 79.4. The van der Waals surface area contributed by atoms with Gasteiger partial charge in [0, 0.05) is 49.6 Å². The number of nitrogens with zero attached hydrogens (tertiary/aromatic N) is 5. The Balaban J connectivity index is 0.893. The minimum Gasteiger partial charge on any atom is -0.309 e. The molecule has 0 fully saturated rings. The monoisotopic (exact) mass is 791 g/mol. The molecular formula is C57H37N5. The summed E-state index contributed by atoms with van der Waals surface area (Å²) in [6.07, 6.45) is 0. The maximum atomic E-state index is 4.94. The third kappa shape index (κ3) is 6.06. The predicted molar refractivity (Wildman–Crippen MR) is 256 cm³/mol. The van der Waals surface area contributed by atoms with Gasteiger partial charge in [0.1, 0.15) is 0 Å². The predicted octanol–water partition coefficient (Wildman–Crippen LogP) is 14.4. The minimum absolute atomic E-state index is 0.643. The van der Waals surface area contributed by atoms with E-state index < -0.39 is 0 Å². The highest BCUT2D eigenvalue weighted by Crippen LogP contribution is 2.38. The molecule has 5 heteroatoms. The molecule has 62 heavy (non-hydrogen) atoms. The van der Waals surface area contributed by atoms with Gasteiger partial charge in [0.2, 0.25) is 0 Å². The Hall–Kier alpha value is -8.41. The second-order valence-corrected chi connectivity index (χ2v) is 15.7. The number of hydrogen-bond acceptors (Lipinski definition) is 3.